The Morgan fingerprint density at radius 1 is 1.35 bits per heavy atom. The molecule has 86 valence electrons. The molecule has 0 aliphatic rings. The van der Waals surface area contributed by atoms with Crippen LogP contribution in [0.3, 0.4) is 0 Å². The highest BCUT2D eigenvalue weighted by atomic mass is 16.5. The van der Waals surface area contributed by atoms with Crippen LogP contribution in [-0.4, -0.2) is 16.8 Å². The van der Waals surface area contributed by atoms with Crippen LogP contribution >= 0.6 is 0 Å². The molecule has 0 unspecified atom stereocenters. The molecule has 2 rings (SSSR count). The molecule has 2 aromatic rings. The van der Waals surface area contributed by atoms with Gasteiger partial charge in [-0.1, -0.05) is 0 Å². The van der Waals surface area contributed by atoms with Crippen molar-refractivity contribution >= 4 is 0 Å². The van der Waals surface area contributed by atoms with Gasteiger partial charge < -0.3 is 4.74 Å². The van der Waals surface area contributed by atoms with E-state index >= 15 is 0 Å². The number of hydrogen-bond donors (Lipinski definition) is 1. The first-order chi connectivity index (χ1) is 8.33. The van der Waals surface area contributed by atoms with Crippen LogP contribution in [0.25, 0.3) is 11.3 Å². The summed E-state index contributed by atoms with van der Waals surface area (Å²) >= 11 is 0. The van der Waals surface area contributed by atoms with E-state index in [4.69, 9.17) is 10.00 Å². The number of rotatable bonds is 4. The van der Waals surface area contributed by atoms with Crippen LogP contribution in [0.2, 0.25) is 0 Å². The molecule has 0 fully saturated rings. The van der Waals surface area contributed by atoms with E-state index < -0.39 is 0 Å². The van der Waals surface area contributed by atoms with Crippen LogP contribution < -0.4 is 4.74 Å². The Morgan fingerprint density at radius 2 is 2.12 bits per heavy atom. The van der Waals surface area contributed by atoms with Crippen molar-refractivity contribution in [2.24, 2.45) is 0 Å². The van der Waals surface area contributed by atoms with E-state index in [0.29, 0.717) is 13.0 Å². The van der Waals surface area contributed by atoms with Gasteiger partial charge in [0.15, 0.2) is 0 Å². The molecule has 17 heavy (non-hydrogen) atoms. The molecule has 0 radical (unpaired) electrons. The number of nitrogens with zero attached hydrogens (tertiary/aromatic N) is 2. The standard InChI is InChI=1S/C13H13N3O/c1-2-17-12-5-3-10(4-6-12)13-9-11(7-8-14)15-16-13/h3-6,9H,2,7H2,1H3,(H,15,16). The van der Waals surface area contributed by atoms with Crippen molar-refractivity contribution < 1.29 is 4.74 Å². The number of hydrogen-bond acceptors (Lipinski definition) is 3. The lowest BCUT2D eigenvalue weighted by Crippen LogP contribution is -1.90. The van der Waals surface area contributed by atoms with Crippen LogP contribution in [0, 0.1) is 11.3 Å². The second-order valence-corrected chi connectivity index (χ2v) is 3.57. The van der Waals surface area contributed by atoms with Crippen LogP contribution in [0.1, 0.15) is 12.6 Å². The van der Waals surface area contributed by atoms with E-state index in [1.165, 1.54) is 0 Å². The quantitative estimate of drug-likeness (QED) is 0.873. The zero-order valence-corrected chi connectivity index (χ0v) is 9.60. The molecular formula is C13H13N3O. The molecular weight excluding hydrogens is 214 g/mol. The number of nitriles is 1. The van der Waals surface area contributed by atoms with E-state index in [2.05, 4.69) is 16.3 Å². The van der Waals surface area contributed by atoms with Gasteiger partial charge in [0.05, 0.1) is 24.8 Å². The maximum Gasteiger partial charge on any atom is 0.119 e. The van der Waals surface area contributed by atoms with Crippen molar-refractivity contribution in [1.82, 2.24) is 10.2 Å². The first-order valence-electron chi connectivity index (χ1n) is 5.48. The number of aromatic nitrogens is 2. The highest BCUT2D eigenvalue weighted by Gasteiger charge is 2.03. The molecule has 0 saturated carbocycles. The summed E-state index contributed by atoms with van der Waals surface area (Å²) in [6.07, 6.45) is 0.351. The van der Waals surface area contributed by atoms with Gasteiger partial charge in [-0.25, -0.2) is 0 Å². The summed E-state index contributed by atoms with van der Waals surface area (Å²) in [5, 5.41) is 15.6. The highest BCUT2D eigenvalue weighted by Crippen LogP contribution is 2.21. The van der Waals surface area contributed by atoms with Crippen molar-refractivity contribution in [3.63, 3.8) is 0 Å². The Bertz CT molecular complexity index is 522. The third kappa shape index (κ3) is 2.64. The maximum absolute atomic E-state index is 8.58. The average molecular weight is 227 g/mol. The molecule has 0 aliphatic heterocycles. The monoisotopic (exact) mass is 227 g/mol. The van der Waals surface area contributed by atoms with E-state index in [1.807, 2.05) is 37.3 Å². The number of ether oxygens (including phenoxy) is 1. The fourth-order valence-corrected chi connectivity index (χ4v) is 1.57. The van der Waals surface area contributed by atoms with Gasteiger partial charge >= 0.3 is 0 Å². The molecule has 0 aliphatic carbocycles. The second-order valence-electron chi connectivity index (χ2n) is 3.57. The number of benzene rings is 1. The third-order valence-corrected chi connectivity index (χ3v) is 2.36. The summed E-state index contributed by atoms with van der Waals surface area (Å²) in [7, 11) is 0. The van der Waals surface area contributed by atoms with Crippen LogP contribution in [-0.2, 0) is 6.42 Å². The minimum Gasteiger partial charge on any atom is -0.494 e. The first-order valence-corrected chi connectivity index (χ1v) is 5.48. The largest absolute Gasteiger partial charge is 0.494 e. The maximum atomic E-state index is 8.58. The Hall–Kier alpha value is -2.28. The van der Waals surface area contributed by atoms with Gasteiger partial charge in [0.2, 0.25) is 0 Å². The topological polar surface area (TPSA) is 61.7 Å². The van der Waals surface area contributed by atoms with Gasteiger partial charge in [-0.3, -0.25) is 5.10 Å². The molecule has 1 heterocycles. The van der Waals surface area contributed by atoms with Crippen molar-refractivity contribution in [1.29, 1.82) is 5.26 Å². The summed E-state index contributed by atoms with van der Waals surface area (Å²) in [5.74, 6) is 0.851. The SMILES string of the molecule is CCOc1ccc(-c2cc(CC#N)[nH]n2)cc1. The lowest BCUT2D eigenvalue weighted by atomic mass is 10.1. The Labute approximate surface area is 99.9 Å². The molecule has 1 N–H and O–H groups in total. The predicted octanol–water partition coefficient (Wildman–Crippen LogP) is 2.54. The minimum atomic E-state index is 0.351. The Kier molecular flexibility index (Phi) is 3.41. The molecule has 4 heteroatoms. The van der Waals surface area contributed by atoms with Crippen molar-refractivity contribution in [2.45, 2.75) is 13.3 Å². The zero-order chi connectivity index (χ0) is 12.1. The number of H-pyrrole nitrogens is 1. The normalized spacial score (nSPS) is 9.88. The van der Waals surface area contributed by atoms with E-state index in [9.17, 15) is 0 Å². The average Bonchev–Trinajstić information content (AvgIpc) is 2.80. The Balaban J connectivity index is 2.18. The van der Waals surface area contributed by atoms with Gasteiger partial charge in [0.1, 0.15) is 5.75 Å². The van der Waals surface area contributed by atoms with Gasteiger partial charge in [-0.2, -0.15) is 10.4 Å². The molecule has 0 amide bonds. The number of nitrogens with one attached hydrogen (secondary N) is 1. The minimum absolute atomic E-state index is 0.351. The molecule has 4 nitrogen and oxygen atoms in total. The Morgan fingerprint density at radius 3 is 2.76 bits per heavy atom. The zero-order valence-electron chi connectivity index (χ0n) is 9.60. The lowest BCUT2D eigenvalue weighted by molar-refractivity contribution is 0.340. The molecule has 1 aromatic heterocycles. The van der Waals surface area contributed by atoms with Crippen LogP contribution in [0.4, 0.5) is 0 Å². The van der Waals surface area contributed by atoms with Crippen LogP contribution in [0.5, 0.6) is 5.75 Å². The van der Waals surface area contributed by atoms with Crippen molar-refractivity contribution in [2.75, 3.05) is 6.61 Å². The van der Waals surface area contributed by atoms with Gasteiger partial charge in [0, 0.05) is 11.3 Å². The van der Waals surface area contributed by atoms with Gasteiger partial charge in [-0.05, 0) is 37.3 Å². The number of aromatic amines is 1. The summed E-state index contributed by atoms with van der Waals surface area (Å²) in [6.45, 7) is 2.61. The lowest BCUT2D eigenvalue weighted by Gasteiger charge is -2.02. The fraction of sp³-hybridized carbons (Fsp3) is 0.231. The summed E-state index contributed by atoms with van der Waals surface area (Å²) in [5.41, 5.74) is 2.68. The van der Waals surface area contributed by atoms with Gasteiger partial charge in [-0.15, -0.1) is 0 Å². The van der Waals surface area contributed by atoms with E-state index in [0.717, 1.165) is 22.7 Å². The summed E-state index contributed by atoms with van der Waals surface area (Å²) < 4.78 is 5.37. The van der Waals surface area contributed by atoms with E-state index in [-0.39, 0.29) is 0 Å². The molecule has 1 aromatic carbocycles. The van der Waals surface area contributed by atoms with Gasteiger partial charge in [0.25, 0.3) is 0 Å². The molecule has 0 bridgehead atoms. The highest BCUT2D eigenvalue weighted by molar-refractivity contribution is 5.60. The predicted molar refractivity (Wildman–Crippen MR) is 64.5 cm³/mol. The summed E-state index contributed by atoms with van der Waals surface area (Å²) in [4.78, 5) is 0. The van der Waals surface area contributed by atoms with Crippen LogP contribution in [0.15, 0.2) is 30.3 Å². The molecule has 0 saturated heterocycles. The fourth-order valence-electron chi connectivity index (χ4n) is 1.57. The third-order valence-electron chi connectivity index (χ3n) is 2.36. The summed E-state index contributed by atoms with van der Waals surface area (Å²) in [6, 6.07) is 11.7. The molecule has 0 spiro atoms. The first kappa shape index (κ1) is 11.2. The van der Waals surface area contributed by atoms with E-state index in [1.54, 1.807) is 0 Å². The van der Waals surface area contributed by atoms with Crippen molar-refractivity contribution in [3.05, 3.63) is 36.0 Å². The smallest absolute Gasteiger partial charge is 0.119 e. The molecule has 0 atom stereocenters. The second kappa shape index (κ2) is 5.17. The van der Waals surface area contributed by atoms with Crippen molar-refractivity contribution in [3.8, 4) is 23.1 Å².